The van der Waals surface area contributed by atoms with E-state index in [-0.39, 0.29) is 5.54 Å². The lowest BCUT2D eigenvalue weighted by molar-refractivity contribution is 0.229. The lowest BCUT2D eigenvalue weighted by atomic mass is 9.77. The molecule has 0 aromatic carbocycles. The summed E-state index contributed by atoms with van der Waals surface area (Å²) in [5.41, 5.74) is 6.20. The number of fused-ring (bicyclic) bond motifs is 2. The fourth-order valence-corrected chi connectivity index (χ4v) is 4.64. The maximum Gasteiger partial charge on any atom is 0.230 e. The first-order valence-corrected chi connectivity index (χ1v) is 8.27. The minimum Gasteiger partial charge on any atom is -0.339 e. The van der Waals surface area contributed by atoms with Crippen molar-refractivity contribution in [2.75, 3.05) is 0 Å². The summed E-state index contributed by atoms with van der Waals surface area (Å²) in [5, 5.41) is 4.25. The molecule has 0 spiro atoms. The Balaban J connectivity index is 1.53. The third-order valence-corrected chi connectivity index (χ3v) is 6.11. The summed E-state index contributed by atoms with van der Waals surface area (Å²) in [4.78, 5) is 4.73. The summed E-state index contributed by atoms with van der Waals surface area (Å²) < 4.78 is 5.61. The molecule has 0 aliphatic heterocycles. The van der Waals surface area contributed by atoms with Gasteiger partial charge in [0.2, 0.25) is 5.89 Å². The molecule has 4 heteroatoms. The highest BCUT2D eigenvalue weighted by Crippen LogP contribution is 2.52. The molecular formula is C16H25N3O. The Morgan fingerprint density at radius 1 is 1.15 bits per heavy atom. The molecule has 20 heavy (non-hydrogen) atoms. The van der Waals surface area contributed by atoms with Gasteiger partial charge in [0.15, 0.2) is 5.82 Å². The van der Waals surface area contributed by atoms with Crippen molar-refractivity contribution in [2.24, 2.45) is 23.5 Å². The number of hydrogen-bond acceptors (Lipinski definition) is 4. The summed E-state index contributed by atoms with van der Waals surface area (Å²) in [6, 6.07) is 0. The van der Waals surface area contributed by atoms with Crippen molar-refractivity contribution >= 4 is 0 Å². The lowest BCUT2D eigenvalue weighted by Gasteiger charge is -2.33. The zero-order valence-electron chi connectivity index (χ0n) is 12.3. The highest BCUT2D eigenvalue weighted by Gasteiger charge is 2.44. The van der Waals surface area contributed by atoms with E-state index in [0.29, 0.717) is 5.92 Å². The van der Waals surface area contributed by atoms with Crippen LogP contribution in [0.4, 0.5) is 0 Å². The Morgan fingerprint density at radius 2 is 1.95 bits per heavy atom. The second-order valence-corrected chi connectivity index (χ2v) is 7.58. The molecular weight excluding hydrogens is 250 g/mol. The molecule has 3 aliphatic carbocycles. The fourth-order valence-electron chi connectivity index (χ4n) is 4.64. The maximum absolute atomic E-state index is 6.55. The van der Waals surface area contributed by atoms with Gasteiger partial charge in [-0.1, -0.05) is 18.5 Å². The van der Waals surface area contributed by atoms with Crippen molar-refractivity contribution in [3.05, 3.63) is 11.7 Å². The third-order valence-electron chi connectivity index (χ3n) is 6.11. The molecule has 2 bridgehead atoms. The predicted molar refractivity (Wildman–Crippen MR) is 76.0 cm³/mol. The van der Waals surface area contributed by atoms with E-state index in [0.717, 1.165) is 42.3 Å². The Morgan fingerprint density at radius 3 is 2.60 bits per heavy atom. The van der Waals surface area contributed by atoms with Gasteiger partial charge in [-0.15, -0.1) is 0 Å². The highest BCUT2D eigenvalue weighted by molar-refractivity contribution is 5.10. The lowest BCUT2D eigenvalue weighted by Crippen LogP contribution is -2.41. The average Bonchev–Trinajstić information content (AvgIpc) is 3.17. The first-order chi connectivity index (χ1) is 9.64. The van der Waals surface area contributed by atoms with Crippen molar-refractivity contribution in [1.29, 1.82) is 0 Å². The van der Waals surface area contributed by atoms with Crippen molar-refractivity contribution in [2.45, 2.75) is 69.7 Å². The molecule has 1 heterocycles. The minimum absolute atomic E-state index is 0.341. The zero-order chi connectivity index (χ0) is 13.7. The zero-order valence-corrected chi connectivity index (χ0v) is 12.3. The molecule has 3 fully saturated rings. The van der Waals surface area contributed by atoms with Crippen LogP contribution in [0.25, 0.3) is 0 Å². The Bertz CT molecular complexity index is 490. The van der Waals surface area contributed by atoms with Gasteiger partial charge in [-0.25, -0.2) is 0 Å². The number of nitrogens with zero attached hydrogens (tertiary/aromatic N) is 2. The summed E-state index contributed by atoms with van der Waals surface area (Å²) in [6.07, 6.45) is 9.70. The highest BCUT2D eigenvalue weighted by atomic mass is 16.5. The van der Waals surface area contributed by atoms with Crippen molar-refractivity contribution in [3.8, 4) is 0 Å². The molecule has 2 N–H and O–H groups in total. The summed E-state index contributed by atoms with van der Waals surface area (Å²) in [6.45, 7) is 2.30. The number of nitrogens with two attached hydrogens (primary N) is 1. The normalized spacial score (nSPS) is 44.1. The van der Waals surface area contributed by atoms with Gasteiger partial charge in [-0.05, 0) is 62.7 Å². The van der Waals surface area contributed by atoms with E-state index in [1.54, 1.807) is 0 Å². The van der Waals surface area contributed by atoms with Gasteiger partial charge in [0.25, 0.3) is 0 Å². The number of aromatic nitrogens is 2. The van der Waals surface area contributed by atoms with Crippen molar-refractivity contribution in [3.63, 3.8) is 0 Å². The van der Waals surface area contributed by atoms with E-state index in [4.69, 9.17) is 15.2 Å². The molecule has 110 valence electrons. The van der Waals surface area contributed by atoms with E-state index in [9.17, 15) is 0 Å². The second kappa shape index (κ2) is 4.55. The molecule has 0 radical (unpaired) electrons. The SMILES string of the molecule is CC1CCC(N)(c2noc(C3CC4CCC3C4)n2)CC1. The van der Waals surface area contributed by atoms with Gasteiger partial charge in [0.1, 0.15) is 0 Å². The third kappa shape index (κ3) is 2.00. The van der Waals surface area contributed by atoms with Crippen LogP contribution in [0.5, 0.6) is 0 Å². The second-order valence-electron chi connectivity index (χ2n) is 7.58. The van der Waals surface area contributed by atoms with E-state index in [1.165, 1.54) is 38.5 Å². The van der Waals surface area contributed by atoms with Crippen LogP contribution >= 0.6 is 0 Å². The Labute approximate surface area is 120 Å². The van der Waals surface area contributed by atoms with Crippen LogP contribution in [0, 0.1) is 17.8 Å². The number of rotatable bonds is 2. The Hall–Kier alpha value is -0.900. The summed E-state index contributed by atoms with van der Waals surface area (Å²) >= 11 is 0. The molecule has 0 amide bonds. The van der Waals surface area contributed by atoms with Crippen LogP contribution < -0.4 is 5.73 Å². The van der Waals surface area contributed by atoms with E-state index >= 15 is 0 Å². The average molecular weight is 275 g/mol. The molecule has 3 saturated carbocycles. The van der Waals surface area contributed by atoms with E-state index in [1.807, 2.05) is 0 Å². The first kappa shape index (κ1) is 12.8. The van der Waals surface area contributed by atoms with Gasteiger partial charge < -0.3 is 10.3 Å². The minimum atomic E-state index is -0.341. The van der Waals surface area contributed by atoms with Crippen molar-refractivity contribution in [1.82, 2.24) is 10.1 Å². The fraction of sp³-hybridized carbons (Fsp3) is 0.875. The van der Waals surface area contributed by atoms with E-state index in [2.05, 4.69) is 12.1 Å². The van der Waals surface area contributed by atoms with Crippen molar-refractivity contribution < 1.29 is 4.52 Å². The standard InChI is InChI=1S/C16H25N3O/c1-10-4-6-16(17,7-5-10)15-18-14(20-19-15)13-9-11-2-3-12(13)8-11/h10-13H,2-9,17H2,1H3. The van der Waals surface area contributed by atoms with Crippen LogP contribution in [-0.4, -0.2) is 10.1 Å². The molecule has 4 nitrogen and oxygen atoms in total. The molecule has 1 aromatic rings. The monoisotopic (exact) mass is 275 g/mol. The van der Waals surface area contributed by atoms with Gasteiger partial charge >= 0.3 is 0 Å². The molecule has 4 rings (SSSR count). The predicted octanol–water partition coefficient (Wildman–Crippen LogP) is 3.34. The largest absolute Gasteiger partial charge is 0.339 e. The van der Waals surface area contributed by atoms with Crippen LogP contribution in [0.2, 0.25) is 0 Å². The smallest absolute Gasteiger partial charge is 0.230 e. The van der Waals surface area contributed by atoms with Gasteiger partial charge in [-0.2, -0.15) is 4.98 Å². The van der Waals surface area contributed by atoms with Crippen LogP contribution in [-0.2, 0) is 5.54 Å². The molecule has 0 saturated heterocycles. The van der Waals surface area contributed by atoms with Crippen LogP contribution in [0.1, 0.15) is 75.9 Å². The summed E-state index contributed by atoms with van der Waals surface area (Å²) in [7, 11) is 0. The summed E-state index contributed by atoms with van der Waals surface area (Å²) in [5.74, 6) is 4.62. The Kier molecular flexibility index (Phi) is 2.92. The van der Waals surface area contributed by atoms with Gasteiger partial charge in [0.05, 0.1) is 5.54 Å². The number of hydrogen-bond donors (Lipinski definition) is 1. The van der Waals surface area contributed by atoms with Crippen LogP contribution in [0.15, 0.2) is 4.52 Å². The van der Waals surface area contributed by atoms with Gasteiger partial charge in [-0.3, -0.25) is 0 Å². The van der Waals surface area contributed by atoms with Crippen LogP contribution in [0.3, 0.4) is 0 Å². The molecule has 3 atom stereocenters. The molecule has 3 aliphatic rings. The topological polar surface area (TPSA) is 64.9 Å². The maximum atomic E-state index is 6.55. The van der Waals surface area contributed by atoms with E-state index < -0.39 is 0 Å². The quantitative estimate of drug-likeness (QED) is 0.899. The van der Waals surface area contributed by atoms with Gasteiger partial charge in [0, 0.05) is 5.92 Å². The molecule has 1 aromatic heterocycles. The molecule has 3 unspecified atom stereocenters. The first-order valence-electron chi connectivity index (χ1n) is 8.27.